The molecule has 1 saturated heterocycles. The second-order valence-corrected chi connectivity index (χ2v) is 8.58. The Morgan fingerprint density at radius 3 is 2.38 bits per heavy atom. The van der Waals surface area contributed by atoms with Crippen molar-refractivity contribution in [2.45, 2.75) is 24.2 Å². The molecular weight excluding hydrogens is 348 g/mol. The minimum absolute atomic E-state index is 0.120. The van der Waals surface area contributed by atoms with E-state index in [2.05, 4.69) is 12.2 Å². The predicted molar refractivity (Wildman–Crippen MR) is 93.3 cm³/mol. The van der Waals surface area contributed by atoms with Crippen LogP contribution in [0.1, 0.15) is 19.3 Å². The first kappa shape index (κ1) is 17.5. The Hall–Kier alpha value is -1.37. The average Bonchev–Trinajstić information content (AvgIpc) is 3.08. The summed E-state index contributed by atoms with van der Waals surface area (Å²) in [6.45, 7) is 1.55. The maximum atomic E-state index is 12.6. The molecule has 1 aromatic carbocycles. The number of amides is 1. The van der Waals surface area contributed by atoms with E-state index in [4.69, 9.17) is 11.6 Å². The van der Waals surface area contributed by atoms with Gasteiger partial charge in [0.15, 0.2) is 0 Å². The van der Waals surface area contributed by atoms with Crippen LogP contribution in [0.25, 0.3) is 0 Å². The number of hydrogen-bond acceptors (Lipinski definition) is 3. The molecule has 1 atom stereocenters. The molecule has 2 aliphatic rings. The standard InChI is InChI=1S/C17H21ClN2O3S/c18-15-5-7-16(8-6-15)24(22,23)20-11-9-19(10-12-20)17(21)13-14-3-1-2-4-14/h1,3,5-8,14H,2,4,9-13H2/t14-/m1/s1. The third kappa shape index (κ3) is 3.82. The molecule has 7 heteroatoms. The maximum absolute atomic E-state index is 12.6. The van der Waals surface area contributed by atoms with Gasteiger partial charge in [-0.2, -0.15) is 4.31 Å². The van der Waals surface area contributed by atoms with Crippen molar-refractivity contribution in [3.8, 4) is 0 Å². The summed E-state index contributed by atoms with van der Waals surface area (Å²) in [6, 6.07) is 6.18. The van der Waals surface area contributed by atoms with Gasteiger partial charge in [0.05, 0.1) is 4.90 Å². The zero-order valence-electron chi connectivity index (χ0n) is 13.4. The van der Waals surface area contributed by atoms with Gasteiger partial charge in [-0.05, 0) is 43.0 Å². The number of benzene rings is 1. The zero-order valence-corrected chi connectivity index (χ0v) is 15.0. The highest BCUT2D eigenvalue weighted by atomic mass is 35.5. The fourth-order valence-electron chi connectivity index (χ4n) is 3.15. The maximum Gasteiger partial charge on any atom is 0.243 e. The molecule has 1 fully saturated rings. The van der Waals surface area contributed by atoms with Crippen LogP contribution in [-0.4, -0.2) is 49.7 Å². The van der Waals surface area contributed by atoms with E-state index in [9.17, 15) is 13.2 Å². The van der Waals surface area contributed by atoms with Crippen molar-refractivity contribution in [3.05, 3.63) is 41.4 Å². The lowest BCUT2D eigenvalue weighted by molar-refractivity contribution is -0.133. The number of hydrogen-bond donors (Lipinski definition) is 0. The quantitative estimate of drug-likeness (QED) is 0.767. The molecule has 1 aromatic rings. The van der Waals surface area contributed by atoms with Crippen molar-refractivity contribution < 1.29 is 13.2 Å². The van der Waals surface area contributed by atoms with E-state index < -0.39 is 10.0 Å². The fourth-order valence-corrected chi connectivity index (χ4v) is 4.70. The summed E-state index contributed by atoms with van der Waals surface area (Å²) in [4.78, 5) is 14.3. The molecule has 5 nitrogen and oxygen atoms in total. The van der Waals surface area contributed by atoms with Crippen LogP contribution < -0.4 is 0 Å². The summed E-state index contributed by atoms with van der Waals surface area (Å²) < 4.78 is 26.7. The highest BCUT2D eigenvalue weighted by molar-refractivity contribution is 7.89. The molecule has 1 aliphatic heterocycles. The van der Waals surface area contributed by atoms with Gasteiger partial charge in [0, 0.05) is 37.6 Å². The van der Waals surface area contributed by atoms with Gasteiger partial charge >= 0.3 is 0 Å². The molecular formula is C17H21ClN2O3S. The Labute approximate surface area is 147 Å². The molecule has 0 radical (unpaired) electrons. The van der Waals surface area contributed by atoms with Gasteiger partial charge in [0.1, 0.15) is 0 Å². The normalized spacial score (nSPS) is 22.0. The van der Waals surface area contributed by atoms with Gasteiger partial charge in [0.25, 0.3) is 0 Å². The Kier molecular flexibility index (Phi) is 5.27. The minimum Gasteiger partial charge on any atom is -0.340 e. The van der Waals surface area contributed by atoms with Crippen molar-refractivity contribution in [2.75, 3.05) is 26.2 Å². The first-order chi connectivity index (χ1) is 11.5. The Morgan fingerprint density at radius 1 is 1.12 bits per heavy atom. The number of sulfonamides is 1. The van der Waals surface area contributed by atoms with E-state index in [-0.39, 0.29) is 10.8 Å². The van der Waals surface area contributed by atoms with E-state index in [1.807, 2.05) is 0 Å². The monoisotopic (exact) mass is 368 g/mol. The summed E-state index contributed by atoms with van der Waals surface area (Å²) in [7, 11) is -3.52. The van der Waals surface area contributed by atoms with E-state index in [1.54, 1.807) is 17.0 Å². The van der Waals surface area contributed by atoms with E-state index in [0.29, 0.717) is 43.5 Å². The highest BCUT2D eigenvalue weighted by Crippen LogP contribution is 2.23. The molecule has 24 heavy (non-hydrogen) atoms. The van der Waals surface area contributed by atoms with E-state index in [0.717, 1.165) is 12.8 Å². The summed E-state index contributed by atoms with van der Waals surface area (Å²) in [5.41, 5.74) is 0. The van der Waals surface area contributed by atoms with Crippen molar-refractivity contribution in [3.63, 3.8) is 0 Å². The van der Waals surface area contributed by atoms with Gasteiger partial charge in [-0.25, -0.2) is 8.42 Å². The van der Waals surface area contributed by atoms with Gasteiger partial charge < -0.3 is 4.90 Å². The molecule has 1 heterocycles. The fraction of sp³-hybridized carbons (Fsp3) is 0.471. The number of allylic oxidation sites excluding steroid dienone is 2. The van der Waals surface area contributed by atoms with Crippen LogP contribution >= 0.6 is 11.6 Å². The topological polar surface area (TPSA) is 57.7 Å². The number of carbonyl (C=O) groups excluding carboxylic acids is 1. The molecule has 0 bridgehead atoms. The Balaban J connectivity index is 1.58. The molecule has 1 aliphatic carbocycles. The molecule has 3 rings (SSSR count). The number of piperazine rings is 1. The largest absolute Gasteiger partial charge is 0.340 e. The van der Waals surface area contributed by atoms with Crippen LogP contribution in [0.3, 0.4) is 0 Å². The third-order valence-electron chi connectivity index (χ3n) is 4.59. The lowest BCUT2D eigenvalue weighted by Crippen LogP contribution is -2.50. The van der Waals surface area contributed by atoms with E-state index in [1.165, 1.54) is 16.4 Å². The summed E-state index contributed by atoms with van der Waals surface area (Å²) in [6.07, 6.45) is 6.84. The Morgan fingerprint density at radius 2 is 1.79 bits per heavy atom. The zero-order chi connectivity index (χ0) is 17.2. The molecule has 0 aromatic heterocycles. The second kappa shape index (κ2) is 7.25. The van der Waals surface area contributed by atoms with Gasteiger partial charge in [-0.15, -0.1) is 0 Å². The van der Waals surface area contributed by atoms with Gasteiger partial charge in [-0.1, -0.05) is 23.8 Å². The predicted octanol–water partition coefficient (Wildman–Crippen LogP) is 2.53. The van der Waals surface area contributed by atoms with Crippen LogP contribution in [0.15, 0.2) is 41.3 Å². The number of halogens is 1. The molecule has 0 spiro atoms. The van der Waals surface area contributed by atoms with Crippen LogP contribution in [0.4, 0.5) is 0 Å². The SMILES string of the molecule is O=C(C[C@@H]1C=CCC1)N1CCN(S(=O)(=O)c2ccc(Cl)cc2)CC1. The van der Waals surface area contributed by atoms with Crippen molar-refractivity contribution >= 4 is 27.5 Å². The van der Waals surface area contributed by atoms with Crippen LogP contribution in [-0.2, 0) is 14.8 Å². The molecule has 130 valence electrons. The molecule has 1 amide bonds. The van der Waals surface area contributed by atoms with E-state index >= 15 is 0 Å². The smallest absolute Gasteiger partial charge is 0.243 e. The summed E-state index contributed by atoms with van der Waals surface area (Å²) in [5.74, 6) is 0.462. The third-order valence-corrected chi connectivity index (χ3v) is 6.76. The van der Waals surface area contributed by atoms with Crippen molar-refractivity contribution in [1.82, 2.24) is 9.21 Å². The lowest BCUT2D eigenvalue weighted by atomic mass is 10.0. The number of carbonyl (C=O) groups is 1. The summed E-state index contributed by atoms with van der Waals surface area (Å²) in [5, 5.41) is 0.505. The van der Waals surface area contributed by atoms with Crippen molar-refractivity contribution in [1.29, 1.82) is 0 Å². The summed E-state index contributed by atoms with van der Waals surface area (Å²) >= 11 is 5.81. The lowest BCUT2D eigenvalue weighted by Gasteiger charge is -2.34. The molecule has 0 unspecified atom stereocenters. The molecule has 0 saturated carbocycles. The first-order valence-electron chi connectivity index (χ1n) is 8.17. The highest BCUT2D eigenvalue weighted by Gasteiger charge is 2.30. The van der Waals surface area contributed by atoms with Crippen LogP contribution in [0.5, 0.6) is 0 Å². The van der Waals surface area contributed by atoms with Crippen LogP contribution in [0.2, 0.25) is 5.02 Å². The van der Waals surface area contributed by atoms with Gasteiger partial charge in [-0.3, -0.25) is 4.79 Å². The van der Waals surface area contributed by atoms with Crippen LogP contribution in [0, 0.1) is 5.92 Å². The number of rotatable bonds is 4. The first-order valence-corrected chi connectivity index (χ1v) is 9.99. The Bertz CT molecular complexity index is 723. The van der Waals surface area contributed by atoms with Gasteiger partial charge in [0.2, 0.25) is 15.9 Å². The minimum atomic E-state index is -3.52. The molecule has 0 N–H and O–H groups in total. The average molecular weight is 369 g/mol. The van der Waals surface area contributed by atoms with Crippen molar-refractivity contribution in [2.24, 2.45) is 5.92 Å². The second-order valence-electron chi connectivity index (χ2n) is 6.21. The number of nitrogens with zero attached hydrogens (tertiary/aromatic N) is 2.